The van der Waals surface area contributed by atoms with Crippen LogP contribution in [0, 0.1) is 17.0 Å². The Hall–Kier alpha value is -3.50. The molecule has 0 atom stereocenters. The van der Waals surface area contributed by atoms with Gasteiger partial charge in [0.1, 0.15) is 12.1 Å². The molecule has 1 aliphatic rings. The van der Waals surface area contributed by atoms with E-state index in [2.05, 4.69) is 0 Å². The van der Waals surface area contributed by atoms with Gasteiger partial charge >= 0.3 is 0 Å². The van der Waals surface area contributed by atoms with E-state index in [1.807, 2.05) is 0 Å². The molecule has 9 nitrogen and oxygen atoms in total. The Bertz CT molecular complexity index is 1480. The van der Waals surface area contributed by atoms with Crippen LogP contribution in [-0.4, -0.2) is 45.0 Å². The number of nitro groups is 1. The lowest BCUT2D eigenvalue weighted by Gasteiger charge is -2.29. The van der Waals surface area contributed by atoms with Crippen LogP contribution in [0.5, 0.6) is 0 Å². The van der Waals surface area contributed by atoms with Gasteiger partial charge in [-0.3, -0.25) is 29.3 Å². The number of aryl methyl sites for hydroxylation is 1. The second-order valence-electron chi connectivity index (χ2n) is 7.85. The number of Topliss-reactive ketones (excluding diaryl/α,β-unsaturated/α-hetero) is 1. The van der Waals surface area contributed by atoms with E-state index in [0.717, 1.165) is 17.7 Å². The highest BCUT2D eigenvalue weighted by Crippen LogP contribution is 2.45. The zero-order valence-corrected chi connectivity index (χ0v) is 21.7. The van der Waals surface area contributed by atoms with Crippen molar-refractivity contribution in [3.05, 3.63) is 107 Å². The molecule has 0 saturated carbocycles. The molecule has 1 aliphatic heterocycles. The number of hydrogen-bond acceptors (Lipinski definition) is 6. The quantitative estimate of drug-likeness (QED) is 0.0874. The van der Waals surface area contributed by atoms with Crippen molar-refractivity contribution >= 4 is 75.6 Å². The number of rotatable bonds is 6. The fourth-order valence-corrected chi connectivity index (χ4v) is 4.72. The van der Waals surface area contributed by atoms with Gasteiger partial charge in [0.05, 0.1) is 36.1 Å². The molecule has 3 aromatic carbocycles. The zero-order valence-electron chi connectivity index (χ0n) is 18.6. The molecule has 37 heavy (non-hydrogen) atoms. The zero-order chi connectivity index (χ0) is 27.2. The van der Waals surface area contributed by atoms with E-state index in [-0.39, 0.29) is 25.7 Å². The Morgan fingerprint density at radius 1 is 0.865 bits per heavy atom. The van der Waals surface area contributed by atoms with E-state index in [9.17, 15) is 29.3 Å². The third-order valence-electron chi connectivity index (χ3n) is 5.55. The Kier molecular flexibility index (Phi) is 7.25. The summed E-state index contributed by atoms with van der Waals surface area (Å²) < 4.78 is 0. The summed E-state index contributed by atoms with van der Waals surface area (Å²) in [6, 6.07) is 11.2. The van der Waals surface area contributed by atoms with E-state index < -0.39 is 57.4 Å². The number of ketones is 1. The number of imide groups is 1. The molecule has 4 rings (SSSR count). The molecule has 3 aromatic rings. The monoisotopic (exact) mass is 579 g/mol. The van der Waals surface area contributed by atoms with Crippen LogP contribution >= 0.6 is 46.4 Å². The minimum absolute atomic E-state index is 0.171. The van der Waals surface area contributed by atoms with E-state index in [1.165, 1.54) is 24.3 Å². The summed E-state index contributed by atoms with van der Waals surface area (Å²) in [5.41, 5.74) is -0.871. The molecule has 0 bridgehead atoms. The molecule has 0 aliphatic carbocycles. The predicted molar refractivity (Wildman–Crippen MR) is 137 cm³/mol. The molecule has 0 unspecified atom stereocenters. The van der Waals surface area contributed by atoms with Gasteiger partial charge in [0, 0.05) is 11.6 Å². The molecular weight excluding hydrogens is 568 g/mol. The number of amides is 3. The van der Waals surface area contributed by atoms with Crippen molar-refractivity contribution < 1.29 is 24.1 Å². The van der Waals surface area contributed by atoms with Crippen LogP contribution in [0.25, 0.3) is 0 Å². The van der Waals surface area contributed by atoms with Gasteiger partial charge in [0.2, 0.25) is 0 Å². The van der Waals surface area contributed by atoms with Gasteiger partial charge in [-0.05, 0) is 13.0 Å². The fourth-order valence-electron chi connectivity index (χ4n) is 3.71. The number of fused-ring (bicyclic) bond motifs is 1. The van der Waals surface area contributed by atoms with Crippen molar-refractivity contribution in [3.63, 3.8) is 0 Å². The molecule has 0 saturated heterocycles. The van der Waals surface area contributed by atoms with E-state index in [0.29, 0.717) is 10.0 Å². The highest BCUT2D eigenvalue weighted by molar-refractivity contribution is 6.55. The van der Waals surface area contributed by atoms with Crippen LogP contribution in [0.15, 0.2) is 48.5 Å². The van der Waals surface area contributed by atoms with E-state index in [4.69, 9.17) is 46.4 Å². The van der Waals surface area contributed by atoms with Crippen LogP contribution in [0.3, 0.4) is 0 Å². The molecule has 188 valence electrons. The van der Waals surface area contributed by atoms with Crippen molar-refractivity contribution in [2.75, 3.05) is 6.54 Å². The van der Waals surface area contributed by atoms with Crippen molar-refractivity contribution in [2.24, 2.45) is 0 Å². The fraction of sp³-hybridized carbons (Fsp3) is 0.0833. The average Bonchev–Trinajstić information content (AvgIpc) is 3.14. The number of para-hydroxylation sites is 1. The maximum absolute atomic E-state index is 13.6. The summed E-state index contributed by atoms with van der Waals surface area (Å²) in [4.78, 5) is 64.4. The van der Waals surface area contributed by atoms with Crippen LogP contribution in [0.4, 0.5) is 5.69 Å². The van der Waals surface area contributed by atoms with Gasteiger partial charge in [-0.25, -0.2) is 5.01 Å². The van der Waals surface area contributed by atoms with Crippen molar-refractivity contribution in [1.29, 1.82) is 0 Å². The van der Waals surface area contributed by atoms with E-state index in [1.54, 1.807) is 19.1 Å². The van der Waals surface area contributed by atoms with E-state index >= 15 is 0 Å². The Labute approximate surface area is 229 Å². The number of carbonyl (C=O) groups is 4. The summed E-state index contributed by atoms with van der Waals surface area (Å²) in [5, 5.41) is 11.1. The van der Waals surface area contributed by atoms with Gasteiger partial charge in [-0.1, -0.05) is 88.4 Å². The summed E-state index contributed by atoms with van der Waals surface area (Å²) in [5.74, 6) is -4.05. The second-order valence-corrected chi connectivity index (χ2v) is 9.37. The lowest BCUT2D eigenvalue weighted by atomic mass is 10.1. The Morgan fingerprint density at radius 2 is 1.38 bits per heavy atom. The molecule has 13 heteroatoms. The van der Waals surface area contributed by atoms with Crippen molar-refractivity contribution in [2.45, 2.75) is 6.92 Å². The smallest absolute Gasteiger partial charge is 0.282 e. The van der Waals surface area contributed by atoms with Gasteiger partial charge < -0.3 is 0 Å². The maximum atomic E-state index is 13.6. The SMILES string of the molecule is Cc1ccc(C(=O)CN(C(=O)c2ccccc2[N+](=O)[O-])N2C(=O)c3c(Cl)c(Cl)c(Cl)c(Cl)c3C2=O)cc1. The molecule has 0 N–H and O–H groups in total. The lowest BCUT2D eigenvalue weighted by molar-refractivity contribution is -0.385. The molecular formula is C24H13Cl4N3O6. The standard InChI is InChI=1S/C24H13Cl4N3O6/c1-11-6-8-12(9-7-11)15(32)10-29(22(33)13-4-2-3-5-14(13)31(36)37)30-23(34)16-17(24(30)35)19(26)21(28)20(27)18(16)25/h2-9H,10H2,1H3. The van der Waals surface area contributed by atoms with Crippen molar-refractivity contribution in [1.82, 2.24) is 10.0 Å². The first-order valence-corrected chi connectivity index (χ1v) is 11.9. The largest absolute Gasteiger partial charge is 0.292 e. The number of hydrogen-bond donors (Lipinski definition) is 0. The predicted octanol–water partition coefficient (Wildman–Crippen LogP) is 6.05. The number of nitrogens with zero attached hydrogens (tertiary/aromatic N) is 3. The summed E-state index contributed by atoms with van der Waals surface area (Å²) in [6.45, 7) is 0.983. The van der Waals surface area contributed by atoms with Gasteiger partial charge in [0.15, 0.2) is 5.78 Å². The van der Waals surface area contributed by atoms with Crippen molar-refractivity contribution in [3.8, 4) is 0 Å². The maximum Gasteiger partial charge on any atom is 0.282 e. The first kappa shape index (κ1) is 26.6. The Balaban J connectivity index is 1.86. The number of halogens is 4. The summed E-state index contributed by atoms with van der Waals surface area (Å²) in [7, 11) is 0. The highest BCUT2D eigenvalue weighted by atomic mass is 35.5. The van der Waals surface area contributed by atoms with Gasteiger partial charge in [-0.2, -0.15) is 5.01 Å². The topological polar surface area (TPSA) is 118 Å². The minimum Gasteiger partial charge on any atom is -0.292 e. The number of hydrazine groups is 1. The highest BCUT2D eigenvalue weighted by Gasteiger charge is 2.47. The number of carbonyl (C=O) groups excluding carboxylic acids is 4. The third kappa shape index (κ3) is 4.55. The normalized spacial score (nSPS) is 12.5. The van der Waals surface area contributed by atoms with Gasteiger partial charge in [-0.15, -0.1) is 0 Å². The number of nitro benzene ring substituents is 1. The third-order valence-corrected chi connectivity index (χ3v) is 7.36. The van der Waals surface area contributed by atoms with Crippen LogP contribution < -0.4 is 0 Å². The first-order valence-electron chi connectivity index (χ1n) is 10.4. The average molecular weight is 581 g/mol. The first-order chi connectivity index (χ1) is 17.5. The number of benzene rings is 3. The molecule has 3 amide bonds. The molecule has 0 spiro atoms. The second kappa shape index (κ2) is 10.1. The van der Waals surface area contributed by atoms with Crippen LogP contribution in [0.2, 0.25) is 20.1 Å². The summed E-state index contributed by atoms with van der Waals surface area (Å²) in [6.07, 6.45) is 0. The van der Waals surface area contributed by atoms with Crippen LogP contribution in [-0.2, 0) is 0 Å². The Morgan fingerprint density at radius 3 is 1.89 bits per heavy atom. The lowest BCUT2D eigenvalue weighted by Crippen LogP contribution is -2.51. The molecule has 0 radical (unpaired) electrons. The molecule has 0 fully saturated rings. The molecule has 0 aromatic heterocycles. The minimum atomic E-state index is -1.16. The summed E-state index contributed by atoms with van der Waals surface area (Å²) >= 11 is 24.5. The van der Waals surface area contributed by atoms with Crippen LogP contribution in [0.1, 0.15) is 47.0 Å². The molecule has 1 heterocycles. The van der Waals surface area contributed by atoms with Gasteiger partial charge in [0.25, 0.3) is 23.4 Å².